The fraction of sp³-hybridized carbons (Fsp3) is 0.318. The zero-order chi connectivity index (χ0) is 21.1. The number of nitrogens with one attached hydrogen (secondary N) is 1. The van der Waals surface area contributed by atoms with Crippen molar-refractivity contribution in [2.45, 2.75) is 38.3 Å². The summed E-state index contributed by atoms with van der Waals surface area (Å²) in [7, 11) is 0. The van der Waals surface area contributed by atoms with E-state index in [2.05, 4.69) is 33.5 Å². The average molecular weight is 402 g/mol. The Kier molecular flexibility index (Phi) is 5.29. The third-order valence-corrected chi connectivity index (χ3v) is 5.33. The summed E-state index contributed by atoms with van der Waals surface area (Å²) in [5.41, 5.74) is 1.35. The van der Waals surface area contributed by atoms with Gasteiger partial charge in [0.2, 0.25) is 11.7 Å². The first-order valence-electron chi connectivity index (χ1n) is 9.81. The highest BCUT2D eigenvalue weighted by Crippen LogP contribution is 2.31. The van der Waals surface area contributed by atoms with Gasteiger partial charge >= 0.3 is 0 Å². The second-order valence-electron chi connectivity index (χ2n) is 7.58. The fourth-order valence-corrected chi connectivity index (χ4v) is 3.63. The Morgan fingerprint density at radius 1 is 1.27 bits per heavy atom. The number of pyridine rings is 1. The number of carbonyl (C=O) groups is 1. The van der Waals surface area contributed by atoms with Crippen LogP contribution in [0, 0.1) is 18.3 Å². The van der Waals surface area contributed by atoms with Crippen LogP contribution in [0.25, 0.3) is 5.69 Å². The number of aromatic nitrogens is 4. The van der Waals surface area contributed by atoms with E-state index in [0.29, 0.717) is 29.8 Å². The van der Waals surface area contributed by atoms with Gasteiger partial charge < -0.3 is 10.1 Å². The lowest BCUT2D eigenvalue weighted by Gasteiger charge is -2.38. The molecule has 1 saturated heterocycles. The molecule has 0 radical (unpaired) electrons. The van der Waals surface area contributed by atoms with Gasteiger partial charge in [0, 0.05) is 30.4 Å². The first kappa shape index (κ1) is 19.7. The van der Waals surface area contributed by atoms with Crippen LogP contribution in [0.4, 0.5) is 0 Å². The number of Topliss-reactive ketones (excluding diaryl/α,β-unsaturated/α-hetero) is 1. The number of piperidine rings is 1. The summed E-state index contributed by atoms with van der Waals surface area (Å²) in [5, 5.41) is 21.0. The number of ketones is 1. The van der Waals surface area contributed by atoms with E-state index in [-0.39, 0.29) is 17.7 Å². The van der Waals surface area contributed by atoms with E-state index in [1.54, 1.807) is 30.6 Å². The van der Waals surface area contributed by atoms with Crippen LogP contribution in [-0.2, 0) is 0 Å². The predicted molar refractivity (Wildman–Crippen MR) is 109 cm³/mol. The number of nitriles is 1. The maximum absolute atomic E-state index is 13.9. The summed E-state index contributed by atoms with van der Waals surface area (Å²) >= 11 is 0. The standard InChI is InChI=1S/C22H22N6O2/c1-15-3-4-18(19(11-15)28-26-9-10-27-28)21(29)22(7-5-16(2)25-14-22)30-20-12-17(13-23)6-8-24-20/h3-4,6,8-12,16,25H,5,7,14H2,1-2H3/t16-,22-/m1/s1. The number of benzene rings is 1. The highest BCUT2D eigenvalue weighted by molar-refractivity contribution is 6.05. The largest absolute Gasteiger partial charge is 0.461 e. The van der Waals surface area contributed by atoms with E-state index in [1.807, 2.05) is 19.1 Å². The summed E-state index contributed by atoms with van der Waals surface area (Å²) < 4.78 is 6.23. The van der Waals surface area contributed by atoms with Crippen molar-refractivity contribution in [3.63, 3.8) is 0 Å². The lowest BCUT2D eigenvalue weighted by Crippen LogP contribution is -2.58. The molecule has 3 aromatic rings. The maximum Gasteiger partial charge on any atom is 0.215 e. The molecule has 1 N–H and O–H groups in total. The maximum atomic E-state index is 13.9. The van der Waals surface area contributed by atoms with Crippen molar-refractivity contribution in [2.75, 3.05) is 6.54 Å². The monoisotopic (exact) mass is 402 g/mol. The molecule has 1 fully saturated rings. The van der Waals surface area contributed by atoms with Crippen LogP contribution >= 0.6 is 0 Å². The number of carbonyl (C=O) groups excluding carboxylic acids is 1. The molecule has 0 unspecified atom stereocenters. The first-order valence-corrected chi connectivity index (χ1v) is 9.81. The fourth-order valence-electron chi connectivity index (χ4n) is 3.63. The van der Waals surface area contributed by atoms with Gasteiger partial charge in [0.25, 0.3) is 0 Å². The van der Waals surface area contributed by atoms with Crippen molar-refractivity contribution in [3.8, 4) is 17.6 Å². The summed E-state index contributed by atoms with van der Waals surface area (Å²) in [5.74, 6) is 0.0861. The van der Waals surface area contributed by atoms with Crippen LogP contribution in [0.15, 0.2) is 48.9 Å². The van der Waals surface area contributed by atoms with Crippen molar-refractivity contribution in [3.05, 3.63) is 65.6 Å². The molecule has 0 spiro atoms. The van der Waals surface area contributed by atoms with Crippen LogP contribution in [-0.4, -0.2) is 43.9 Å². The molecule has 8 nitrogen and oxygen atoms in total. The molecule has 30 heavy (non-hydrogen) atoms. The van der Waals surface area contributed by atoms with E-state index in [1.165, 1.54) is 11.0 Å². The second-order valence-corrected chi connectivity index (χ2v) is 7.58. The highest BCUT2D eigenvalue weighted by atomic mass is 16.5. The zero-order valence-corrected chi connectivity index (χ0v) is 16.9. The highest BCUT2D eigenvalue weighted by Gasteiger charge is 2.45. The number of nitrogens with zero attached hydrogens (tertiary/aromatic N) is 5. The van der Waals surface area contributed by atoms with Crippen LogP contribution in [0.2, 0.25) is 0 Å². The third kappa shape index (κ3) is 3.80. The minimum Gasteiger partial charge on any atom is -0.461 e. The number of rotatable bonds is 5. The van der Waals surface area contributed by atoms with E-state index in [4.69, 9.17) is 4.74 Å². The van der Waals surface area contributed by atoms with Gasteiger partial charge in [0.1, 0.15) is 0 Å². The van der Waals surface area contributed by atoms with Crippen molar-refractivity contribution in [2.24, 2.45) is 0 Å². The summed E-state index contributed by atoms with van der Waals surface area (Å²) in [6, 6.07) is 11.1. The van der Waals surface area contributed by atoms with Gasteiger partial charge in [-0.3, -0.25) is 4.79 Å². The topological polar surface area (TPSA) is 106 Å². The lowest BCUT2D eigenvalue weighted by atomic mass is 9.83. The lowest BCUT2D eigenvalue weighted by molar-refractivity contribution is 0.0264. The van der Waals surface area contributed by atoms with Crippen molar-refractivity contribution in [1.82, 2.24) is 25.3 Å². The van der Waals surface area contributed by atoms with Crippen molar-refractivity contribution >= 4 is 5.78 Å². The summed E-state index contributed by atoms with van der Waals surface area (Å²) in [6.45, 7) is 4.37. The second kappa shape index (κ2) is 8.05. The number of aryl methyl sites for hydroxylation is 1. The number of hydrogen-bond acceptors (Lipinski definition) is 7. The Balaban J connectivity index is 1.77. The van der Waals surface area contributed by atoms with Gasteiger partial charge in [-0.05, 0) is 50.5 Å². The Morgan fingerprint density at radius 3 is 2.77 bits per heavy atom. The third-order valence-electron chi connectivity index (χ3n) is 5.33. The zero-order valence-electron chi connectivity index (χ0n) is 16.9. The molecule has 1 aliphatic heterocycles. The van der Waals surface area contributed by atoms with Crippen LogP contribution in [0.1, 0.15) is 41.3 Å². The minimum absolute atomic E-state index is 0.168. The molecule has 0 amide bonds. The molecule has 3 heterocycles. The SMILES string of the molecule is Cc1ccc(C(=O)[C@@]2(Oc3cc(C#N)ccn3)CC[C@@H](C)NC2)c(-n2nccn2)c1. The molecule has 0 bridgehead atoms. The molecule has 152 valence electrons. The Hall–Kier alpha value is -3.57. The van der Waals surface area contributed by atoms with Crippen LogP contribution < -0.4 is 10.1 Å². The molecule has 2 atom stereocenters. The molecule has 8 heteroatoms. The van der Waals surface area contributed by atoms with Gasteiger partial charge in [-0.1, -0.05) is 6.07 Å². The van der Waals surface area contributed by atoms with E-state index in [9.17, 15) is 10.1 Å². The minimum atomic E-state index is -1.15. The molecule has 0 aliphatic carbocycles. The Labute approximate surface area is 174 Å². The molecule has 1 aromatic carbocycles. The predicted octanol–water partition coefficient (Wildman–Crippen LogP) is 2.61. The smallest absolute Gasteiger partial charge is 0.215 e. The van der Waals surface area contributed by atoms with Gasteiger partial charge in [-0.15, -0.1) is 0 Å². The summed E-state index contributed by atoms with van der Waals surface area (Å²) in [6.07, 6.45) is 5.95. The normalized spacial score (nSPS) is 21.0. The van der Waals surface area contributed by atoms with E-state index < -0.39 is 5.60 Å². The van der Waals surface area contributed by atoms with Gasteiger partial charge in [-0.25, -0.2) is 4.98 Å². The van der Waals surface area contributed by atoms with Crippen LogP contribution in [0.3, 0.4) is 0 Å². The number of hydrogen-bond donors (Lipinski definition) is 1. The quantitative estimate of drug-likeness (QED) is 0.654. The van der Waals surface area contributed by atoms with Gasteiger partial charge in [-0.2, -0.15) is 20.3 Å². The molecule has 0 saturated carbocycles. The molecular formula is C22H22N6O2. The number of ether oxygens (including phenoxy) is 1. The first-order chi connectivity index (χ1) is 14.5. The van der Waals surface area contributed by atoms with Crippen molar-refractivity contribution in [1.29, 1.82) is 5.26 Å². The average Bonchev–Trinajstić information content (AvgIpc) is 3.30. The van der Waals surface area contributed by atoms with Crippen molar-refractivity contribution < 1.29 is 9.53 Å². The molecule has 4 rings (SSSR count). The van der Waals surface area contributed by atoms with Gasteiger partial charge in [0.05, 0.1) is 29.7 Å². The van der Waals surface area contributed by atoms with Crippen LogP contribution in [0.5, 0.6) is 5.88 Å². The molecule has 1 aliphatic rings. The Bertz CT molecular complexity index is 1100. The molecular weight excluding hydrogens is 380 g/mol. The van der Waals surface area contributed by atoms with E-state index >= 15 is 0 Å². The van der Waals surface area contributed by atoms with E-state index in [0.717, 1.165) is 12.0 Å². The molecule has 2 aromatic heterocycles. The summed E-state index contributed by atoms with van der Waals surface area (Å²) in [4.78, 5) is 19.6. The Morgan fingerprint density at radius 2 is 2.07 bits per heavy atom. The van der Waals surface area contributed by atoms with Gasteiger partial charge in [0.15, 0.2) is 5.60 Å².